The average Bonchev–Trinajstić information content (AvgIpc) is 3.20. The van der Waals surface area contributed by atoms with Gasteiger partial charge in [-0.3, -0.25) is 9.88 Å². The molecule has 0 saturated carbocycles. The highest BCUT2D eigenvalue weighted by atomic mass is 32.1. The van der Waals surface area contributed by atoms with Crippen LogP contribution in [0.3, 0.4) is 0 Å². The van der Waals surface area contributed by atoms with E-state index in [9.17, 15) is 9.18 Å². The molecule has 10 heteroatoms. The van der Waals surface area contributed by atoms with Gasteiger partial charge in [0.1, 0.15) is 22.8 Å². The second-order valence-corrected chi connectivity index (χ2v) is 8.15. The van der Waals surface area contributed by atoms with E-state index >= 15 is 4.39 Å². The summed E-state index contributed by atoms with van der Waals surface area (Å²) in [4.78, 5) is 27.7. The molecular weight excluding hydrogens is 434 g/mol. The molecule has 0 bridgehead atoms. The van der Waals surface area contributed by atoms with Crippen LogP contribution in [0.15, 0.2) is 42.7 Å². The number of rotatable bonds is 5. The molecule has 4 rings (SSSR count). The molecule has 164 valence electrons. The number of benzene rings is 1. The molecule has 32 heavy (non-hydrogen) atoms. The molecular formula is C22H20F2N6OS. The molecule has 0 aliphatic heterocycles. The molecule has 0 fully saturated rings. The zero-order chi connectivity index (χ0) is 23.0. The number of nitrogens with two attached hydrogens (primary N) is 1. The van der Waals surface area contributed by atoms with E-state index in [4.69, 9.17) is 5.73 Å². The number of amides is 2. The summed E-state index contributed by atoms with van der Waals surface area (Å²) in [7, 11) is 3.71. The maximum atomic E-state index is 15.6. The zero-order valence-electron chi connectivity index (χ0n) is 17.6. The molecule has 3 heterocycles. The number of carbonyl (C=O) groups is 1. The van der Waals surface area contributed by atoms with Crippen LogP contribution in [-0.4, -0.2) is 41.6 Å². The molecule has 0 saturated heterocycles. The van der Waals surface area contributed by atoms with Gasteiger partial charge in [0.25, 0.3) is 0 Å². The van der Waals surface area contributed by atoms with E-state index in [1.165, 1.54) is 29.3 Å². The number of carbonyl (C=O) groups excluding carboxylic acids is 1. The fourth-order valence-electron chi connectivity index (χ4n) is 3.32. The molecule has 0 radical (unpaired) electrons. The number of anilines is 2. The number of pyridine rings is 2. The van der Waals surface area contributed by atoms with Gasteiger partial charge in [-0.05, 0) is 37.3 Å². The molecule has 0 unspecified atom stereocenters. The maximum absolute atomic E-state index is 15.6. The SMILES string of the molecule is CCN(C(N)=O)c1nc2c(F)c(-c3ccc(N(C)C)nc3)cc(-c3ncccc3F)c2s1. The van der Waals surface area contributed by atoms with E-state index in [0.717, 1.165) is 11.3 Å². The van der Waals surface area contributed by atoms with Crippen molar-refractivity contribution in [3.8, 4) is 22.4 Å². The summed E-state index contributed by atoms with van der Waals surface area (Å²) in [5.74, 6) is -0.436. The minimum Gasteiger partial charge on any atom is -0.363 e. The van der Waals surface area contributed by atoms with Gasteiger partial charge in [0, 0.05) is 49.7 Å². The lowest BCUT2D eigenvalue weighted by Gasteiger charge is -2.13. The van der Waals surface area contributed by atoms with Crippen LogP contribution in [0.4, 0.5) is 24.5 Å². The number of hydrogen-bond donors (Lipinski definition) is 1. The number of halogens is 2. The lowest BCUT2D eigenvalue weighted by molar-refractivity contribution is 0.254. The summed E-state index contributed by atoms with van der Waals surface area (Å²) in [6.07, 6.45) is 3.01. The quantitative estimate of drug-likeness (QED) is 0.473. The van der Waals surface area contributed by atoms with Gasteiger partial charge < -0.3 is 10.6 Å². The van der Waals surface area contributed by atoms with Gasteiger partial charge in [0.15, 0.2) is 10.9 Å². The summed E-state index contributed by atoms with van der Waals surface area (Å²) < 4.78 is 30.7. The first-order chi connectivity index (χ1) is 15.3. The Labute approximate surface area is 187 Å². The van der Waals surface area contributed by atoms with Gasteiger partial charge >= 0.3 is 6.03 Å². The van der Waals surface area contributed by atoms with Gasteiger partial charge in [-0.15, -0.1) is 0 Å². The van der Waals surface area contributed by atoms with Gasteiger partial charge in [-0.25, -0.2) is 23.5 Å². The fourth-order valence-corrected chi connectivity index (χ4v) is 4.47. The summed E-state index contributed by atoms with van der Waals surface area (Å²) in [5.41, 5.74) is 6.60. The smallest absolute Gasteiger partial charge is 0.321 e. The van der Waals surface area contributed by atoms with Crippen LogP contribution in [0.1, 0.15) is 6.92 Å². The van der Waals surface area contributed by atoms with E-state index in [2.05, 4.69) is 15.0 Å². The van der Waals surface area contributed by atoms with Crippen LogP contribution >= 0.6 is 11.3 Å². The van der Waals surface area contributed by atoms with Crippen molar-refractivity contribution in [3.63, 3.8) is 0 Å². The molecule has 0 atom stereocenters. The highest BCUT2D eigenvalue weighted by Gasteiger charge is 2.24. The minimum absolute atomic E-state index is 0.0129. The second-order valence-electron chi connectivity index (χ2n) is 7.18. The fraction of sp³-hybridized carbons (Fsp3) is 0.182. The van der Waals surface area contributed by atoms with Crippen LogP contribution in [0.2, 0.25) is 0 Å². The monoisotopic (exact) mass is 454 g/mol. The molecule has 2 N–H and O–H groups in total. The number of fused-ring (bicyclic) bond motifs is 1. The molecule has 1 aromatic carbocycles. The Balaban J connectivity index is 2.00. The normalized spacial score (nSPS) is 11.0. The van der Waals surface area contributed by atoms with E-state index in [-0.39, 0.29) is 28.5 Å². The van der Waals surface area contributed by atoms with E-state index in [1.807, 2.05) is 19.0 Å². The van der Waals surface area contributed by atoms with Crippen LogP contribution in [-0.2, 0) is 0 Å². The highest BCUT2D eigenvalue weighted by molar-refractivity contribution is 7.23. The summed E-state index contributed by atoms with van der Waals surface area (Å²) >= 11 is 1.06. The molecule has 0 aliphatic rings. The van der Waals surface area contributed by atoms with Crippen molar-refractivity contribution in [3.05, 3.63) is 54.4 Å². The summed E-state index contributed by atoms with van der Waals surface area (Å²) in [6, 6.07) is 7.10. The first-order valence-electron chi connectivity index (χ1n) is 9.76. The third-order valence-electron chi connectivity index (χ3n) is 4.94. The average molecular weight is 455 g/mol. The first kappa shape index (κ1) is 21.6. The largest absolute Gasteiger partial charge is 0.363 e. The Kier molecular flexibility index (Phi) is 5.70. The van der Waals surface area contributed by atoms with Crippen molar-refractivity contribution in [2.75, 3.05) is 30.4 Å². The molecule has 0 spiro atoms. The molecule has 7 nitrogen and oxygen atoms in total. The van der Waals surface area contributed by atoms with Crippen molar-refractivity contribution in [1.29, 1.82) is 0 Å². The Hall–Kier alpha value is -3.66. The highest BCUT2D eigenvalue weighted by Crippen LogP contribution is 2.41. The molecule has 4 aromatic rings. The number of aromatic nitrogens is 3. The van der Waals surface area contributed by atoms with Crippen molar-refractivity contribution in [1.82, 2.24) is 15.0 Å². The number of urea groups is 1. The second kappa shape index (κ2) is 8.46. The van der Waals surface area contributed by atoms with E-state index in [0.29, 0.717) is 21.6 Å². The summed E-state index contributed by atoms with van der Waals surface area (Å²) in [6.45, 7) is 1.99. The number of nitrogens with zero attached hydrogens (tertiary/aromatic N) is 5. The van der Waals surface area contributed by atoms with Gasteiger partial charge in [0.2, 0.25) is 0 Å². The number of primary amides is 1. The van der Waals surface area contributed by atoms with E-state index in [1.54, 1.807) is 25.3 Å². The number of thiazole rings is 1. The Morgan fingerprint density at radius 3 is 2.53 bits per heavy atom. The van der Waals surface area contributed by atoms with Crippen LogP contribution in [0, 0.1) is 11.6 Å². The topological polar surface area (TPSA) is 88.2 Å². The lowest BCUT2D eigenvalue weighted by atomic mass is 10.0. The minimum atomic E-state index is -0.707. The molecule has 2 amide bonds. The van der Waals surface area contributed by atoms with Crippen LogP contribution in [0.5, 0.6) is 0 Å². The Bertz CT molecular complexity index is 1310. The summed E-state index contributed by atoms with van der Waals surface area (Å²) in [5, 5.41) is 0.227. The number of hydrogen-bond acceptors (Lipinski definition) is 6. The molecule has 0 aliphatic carbocycles. The van der Waals surface area contributed by atoms with Crippen molar-refractivity contribution in [2.45, 2.75) is 6.92 Å². The third-order valence-corrected chi connectivity index (χ3v) is 6.05. The predicted molar refractivity (Wildman–Crippen MR) is 123 cm³/mol. The predicted octanol–water partition coefficient (Wildman–Crippen LogP) is 4.67. The van der Waals surface area contributed by atoms with Gasteiger partial charge in [0.05, 0.1) is 4.70 Å². The maximum Gasteiger partial charge on any atom is 0.321 e. The Morgan fingerprint density at radius 2 is 1.94 bits per heavy atom. The third kappa shape index (κ3) is 3.73. The van der Waals surface area contributed by atoms with Gasteiger partial charge in [-0.2, -0.15) is 0 Å². The standard InChI is InChI=1S/C22H20F2N6OS/c1-4-30(21(25)31)22-28-19-17(24)13(12-7-8-16(27-11-12)29(2)3)10-14(20(19)32-22)18-15(23)6-5-9-26-18/h5-11H,4H2,1-3H3,(H2,25,31). The van der Waals surface area contributed by atoms with Crippen LogP contribution < -0.4 is 15.5 Å². The van der Waals surface area contributed by atoms with Crippen LogP contribution in [0.25, 0.3) is 32.6 Å². The van der Waals surface area contributed by atoms with Crippen molar-refractivity contribution >= 4 is 38.5 Å². The van der Waals surface area contributed by atoms with Crippen molar-refractivity contribution in [2.24, 2.45) is 5.73 Å². The van der Waals surface area contributed by atoms with E-state index < -0.39 is 17.7 Å². The molecule has 3 aromatic heterocycles. The Morgan fingerprint density at radius 1 is 1.16 bits per heavy atom. The van der Waals surface area contributed by atoms with Gasteiger partial charge in [-0.1, -0.05) is 11.3 Å². The zero-order valence-corrected chi connectivity index (χ0v) is 18.5. The van der Waals surface area contributed by atoms with Crippen molar-refractivity contribution < 1.29 is 13.6 Å². The first-order valence-corrected chi connectivity index (χ1v) is 10.6. The lowest BCUT2D eigenvalue weighted by Crippen LogP contribution is -2.35.